The van der Waals surface area contributed by atoms with Gasteiger partial charge in [0.2, 0.25) is 11.2 Å². The number of benzene rings is 2. The molecule has 0 saturated heterocycles. The van der Waals surface area contributed by atoms with Gasteiger partial charge in [-0.25, -0.2) is 4.79 Å². The Morgan fingerprint density at radius 1 is 1.10 bits per heavy atom. The molecular weight excluding hydrogens is 420 g/mol. The number of hydrogen-bond acceptors (Lipinski definition) is 6. The summed E-state index contributed by atoms with van der Waals surface area (Å²) in [6.45, 7) is 7.85. The van der Waals surface area contributed by atoms with Gasteiger partial charge in [0.15, 0.2) is 6.10 Å². The summed E-state index contributed by atoms with van der Waals surface area (Å²) in [5, 5.41) is 1.00. The molecule has 31 heavy (non-hydrogen) atoms. The molecule has 0 N–H and O–H groups in total. The van der Waals surface area contributed by atoms with E-state index >= 15 is 0 Å². The maximum absolute atomic E-state index is 12.9. The minimum atomic E-state index is -0.727. The van der Waals surface area contributed by atoms with Gasteiger partial charge in [-0.3, -0.25) is 4.79 Å². The molecule has 0 aliphatic carbocycles. The van der Waals surface area contributed by atoms with Gasteiger partial charge in [0.1, 0.15) is 23.3 Å². The summed E-state index contributed by atoms with van der Waals surface area (Å²) >= 11 is 6.19. The van der Waals surface area contributed by atoms with Gasteiger partial charge in [0, 0.05) is 11.1 Å². The highest BCUT2D eigenvalue weighted by molar-refractivity contribution is 6.32. The van der Waals surface area contributed by atoms with E-state index in [-0.39, 0.29) is 11.2 Å². The Labute approximate surface area is 185 Å². The van der Waals surface area contributed by atoms with Crippen molar-refractivity contribution >= 4 is 28.5 Å². The second-order valence-corrected chi connectivity index (χ2v) is 7.62. The highest BCUT2D eigenvalue weighted by Crippen LogP contribution is 2.29. The normalized spacial score (nSPS) is 11.9. The lowest BCUT2D eigenvalue weighted by Gasteiger charge is -2.16. The fraction of sp³-hybridized carbons (Fsp3) is 0.333. The van der Waals surface area contributed by atoms with Gasteiger partial charge >= 0.3 is 5.97 Å². The third-order valence-electron chi connectivity index (χ3n) is 4.71. The fourth-order valence-electron chi connectivity index (χ4n) is 3.08. The maximum atomic E-state index is 12.9. The van der Waals surface area contributed by atoms with Crippen molar-refractivity contribution in [2.75, 3.05) is 6.61 Å². The summed E-state index contributed by atoms with van der Waals surface area (Å²) in [6, 6.07) is 8.31. The number of esters is 1. The lowest BCUT2D eigenvalue weighted by Crippen LogP contribution is -2.28. The van der Waals surface area contributed by atoms with Crippen LogP contribution in [0, 0.1) is 13.8 Å². The average molecular weight is 445 g/mol. The van der Waals surface area contributed by atoms with Crippen molar-refractivity contribution in [3.05, 3.63) is 63.0 Å². The van der Waals surface area contributed by atoms with Crippen molar-refractivity contribution in [3.8, 4) is 17.2 Å². The number of rotatable bonds is 8. The average Bonchev–Trinajstić information content (AvgIpc) is 2.76. The zero-order chi connectivity index (χ0) is 22.5. The zero-order valence-electron chi connectivity index (χ0n) is 18.0. The molecule has 1 unspecified atom stereocenters. The number of carbonyl (C=O) groups is 1. The van der Waals surface area contributed by atoms with Crippen molar-refractivity contribution in [2.45, 2.75) is 46.6 Å². The summed E-state index contributed by atoms with van der Waals surface area (Å²) in [5.74, 6) is 0.566. The van der Waals surface area contributed by atoms with E-state index < -0.39 is 12.1 Å². The number of aryl methyl sites for hydroxylation is 2. The molecule has 2 aromatic carbocycles. The minimum Gasteiger partial charge on any atom is -0.479 e. The van der Waals surface area contributed by atoms with E-state index in [1.54, 1.807) is 30.3 Å². The first kappa shape index (κ1) is 22.7. The molecule has 0 bridgehead atoms. The van der Waals surface area contributed by atoms with Gasteiger partial charge in [0.05, 0.1) is 12.0 Å². The largest absolute Gasteiger partial charge is 0.479 e. The molecule has 0 fully saturated rings. The van der Waals surface area contributed by atoms with Gasteiger partial charge in [-0.15, -0.1) is 0 Å². The Morgan fingerprint density at radius 2 is 1.81 bits per heavy atom. The zero-order valence-corrected chi connectivity index (χ0v) is 18.7. The lowest BCUT2D eigenvalue weighted by molar-refractivity contribution is -0.152. The van der Waals surface area contributed by atoms with Crippen molar-refractivity contribution in [2.24, 2.45) is 0 Å². The molecule has 6 nitrogen and oxygen atoms in total. The van der Waals surface area contributed by atoms with Crippen LogP contribution >= 0.6 is 11.6 Å². The van der Waals surface area contributed by atoms with E-state index in [0.717, 1.165) is 17.5 Å². The topological polar surface area (TPSA) is 75.0 Å². The van der Waals surface area contributed by atoms with Gasteiger partial charge in [-0.05, 0) is 62.1 Å². The van der Waals surface area contributed by atoms with Crippen LogP contribution in [0.15, 0.2) is 45.8 Å². The number of hydrogen-bond donors (Lipinski definition) is 0. The predicted molar refractivity (Wildman–Crippen MR) is 119 cm³/mol. The first-order valence-corrected chi connectivity index (χ1v) is 10.5. The van der Waals surface area contributed by atoms with Crippen molar-refractivity contribution in [3.63, 3.8) is 0 Å². The van der Waals surface area contributed by atoms with E-state index in [2.05, 4.69) is 0 Å². The van der Waals surface area contributed by atoms with Crippen LogP contribution in [0.1, 0.15) is 37.8 Å². The van der Waals surface area contributed by atoms with Crippen LogP contribution in [0.5, 0.6) is 17.2 Å². The molecule has 3 rings (SSSR count). The summed E-state index contributed by atoms with van der Waals surface area (Å²) in [5.41, 5.74) is 1.72. The van der Waals surface area contributed by atoms with E-state index in [4.69, 9.17) is 30.2 Å². The quantitative estimate of drug-likeness (QED) is 0.398. The Bertz CT molecular complexity index is 1130. The second kappa shape index (κ2) is 9.88. The third kappa shape index (κ3) is 5.20. The first-order chi connectivity index (χ1) is 14.8. The summed E-state index contributed by atoms with van der Waals surface area (Å²) in [4.78, 5) is 25.0. The molecule has 0 amide bonds. The lowest BCUT2D eigenvalue weighted by atomic mass is 10.1. The Balaban J connectivity index is 1.84. The SMILES string of the molecule is CCCOC(=O)C(CC)Oc1ccc2c(=O)c(Oc3cc(C)c(Cl)c(C)c3)coc2c1. The van der Waals surface area contributed by atoms with Crippen LogP contribution in [-0.2, 0) is 9.53 Å². The van der Waals surface area contributed by atoms with Crippen LogP contribution in [0.4, 0.5) is 0 Å². The molecule has 7 heteroatoms. The van der Waals surface area contributed by atoms with Crippen molar-refractivity contribution in [1.82, 2.24) is 0 Å². The number of carbonyl (C=O) groups excluding carboxylic acids is 1. The van der Waals surface area contributed by atoms with Crippen molar-refractivity contribution in [1.29, 1.82) is 0 Å². The van der Waals surface area contributed by atoms with E-state index in [9.17, 15) is 9.59 Å². The van der Waals surface area contributed by atoms with Crippen LogP contribution < -0.4 is 14.9 Å². The predicted octanol–water partition coefficient (Wildman–Crippen LogP) is 5.97. The van der Waals surface area contributed by atoms with E-state index in [1.165, 1.54) is 6.26 Å². The van der Waals surface area contributed by atoms with Gasteiger partial charge < -0.3 is 18.6 Å². The summed E-state index contributed by atoms with van der Waals surface area (Å²) in [7, 11) is 0. The fourth-order valence-corrected chi connectivity index (χ4v) is 3.19. The molecule has 164 valence electrons. The van der Waals surface area contributed by atoms with Crippen LogP contribution in [0.25, 0.3) is 11.0 Å². The maximum Gasteiger partial charge on any atom is 0.347 e. The first-order valence-electron chi connectivity index (χ1n) is 10.2. The molecule has 0 aliphatic heterocycles. The summed E-state index contributed by atoms with van der Waals surface area (Å²) in [6.07, 6.45) is 1.73. The monoisotopic (exact) mass is 444 g/mol. The van der Waals surface area contributed by atoms with Crippen LogP contribution in [0.3, 0.4) is 0 Å². The van der Waals surface area contributed by atoms with Crippen molar-refractivity contribution < 1.29 is 23.4 Å². The van der Waals surface area contributed by atoms with E-state index in [0.29, 0.717) is 40.5 Å². The minimum absolute atomic E-state index is 0.0665. The number of halogens is 1. The number of fused-ring (bicyclic) bond motifs is 1. The van der Waals surface area contributed by atoms with Crippen LogP contribution in [0.2, 0.25) is 5.02 Å². The molecule has 0 spiro atoms. The highest BCUT2D eigenvalue weighted by Gasteiger charge is 2.20. The second-order valence-electron chi connectivity index (χ2n) is 7.24. The number of ether oxygens (including phenoxy) is 3. The molecule has 1 aromatic heterocycles. The molecule has 1 atom stereocenters. The molecule has 0 radical (unpaired) electrons. The molecular formula is C24H25ClO6. The smallest absolute Gasteiger partial charge is 0.347 e. The van der Waals surface area contributed by atoms with E-state index in [1.807, 2.05) is 27.7 Å². The molecule has 1 heterocycles. The van der Waals surface area contributed by atoms with Gasteiger partial charge in [-0.1, -0.05) is 25.4 Å². The Kier molecular flexibility index (Phi) is 7.23. The van der Waals surface area contributed by atoms with Crippen LogP contribution in [-0.4, -0.2) is 18.7 Å². The Hall–Kier alpha value is -2.99. The molecule has 0 aliphatic rings. The third-order valence-corrected chi connectivity index (χ3v) is 5.31. The Morgan fingerprint density at radius 3 is 2.45 bits per heavy atom. The van der Waals surface area contributed by atoms with Gasteiger partial charge in [0.25, 0.3) is 0 Å². The van der Waals surface area contributed by atoms with Gasteiger partial charge in [-0.2, -0.15) is 0 Å². The summed E-state index contributed by atoms with van der Waals surface area (Å²) < 4.78 is 22.3. The molecule has 3 aromatic rings. The highest BCUT2D eigenvalue weighted by atomic mass is 35.5. The molecule has 0 saturated carbocycles. The standard InChI is InChI=1S/C24H25ClO6/c1-5-9-28-24(27)19(6-2)30-16-7-8-18-20(12-16)29-13-21(23(18)26)31-17-10-14(3)22(25)15(4)11-17/h7-8,10-13,19H,5-6,9H2,1-4H3.